The number of aliphatic hydroxyl groups is 1. The Balaban J connectivity index is 1.48. The third-order valence-corrected chi connectivity index (χ3v) is 7.41. The van der Waals surface area contributed by atoms with Gasteiger partial charge in [-0.2, -0.15) is 0 Å². The molecule has 4 rings (SSSR count). The lowest BCUT2D eigenvalue weighted by Gasteiger charge is -2.42. The van der Waals surface area contributed by atoms with Crippen LogP contribution in [-0.4, -0.2) is 36.7 Å². The number of anilines is 1. The summed E-state index contributed by atoms with van der Waals surface area (Å²) < 4.78 is 34.3. The van der Waals surface area contributed by atoms with E-state index in [1.165, 1.54) is 12.1 Å². The smallest absolute Gasteiger partial charge is 0.269 e. The van der Waals surface area contributed by atoms with Crippen LogP contribution in [0.25, 0.3) is 0 Å². The van der Waals surface area contributed by atoms with Gasteiger partial charge in [0, 0.05) is 17.7 Å². The van der Waals surface area contributed by atoms with Crippen LogP contribution in [0.1, 0.15) is 31.0 Å². The first-order chi connectivity index (χ1) is 16.6. The molecular weight excluding hydrogens is 470 g/mol. The van der Waals surface area contributed by atoms with Gasteiger partial charge in [0.2, 0.25) is 0 Å². The molecule has 9 nitrogen and oxygen atoms in total. The molecule has 0 aliphatic carbocycles. The van der Waals surface area contributed by atoms with Crippen molar-refractivity contribution in [1.82, 2.24) is 5.32 Å². The van der Waals surface area contributed by atoms with Crippen molar-refractivity contribution in [3.8, 4) is 5.75 Å². The van der Waals surface area contributed by atoms with E-state index in [2.05, 4.69) is 10.0 Å². The number of hydrogen-bond acceptors (Lipinski definition) is 7. The van der Waals surface area contributed by atoms with Crippen LogP contribution in [0.15, 0.2) is 77.7 Å². The van der Waals surface area contributed by atoms with Crippen molar-refractivity contribution in [3.05, 3.63) is 94.0 Å². The normalized spacial score (nSPS) is 18.8. The third kappa shape index (κ3) is 5.29. The zero-order chi connectivity index (χ0) is 25.2. The van der Waals surface area contributed by atoms with Crippen molar-refractivity contribution in [2.24, 2.45) is 0 Å². The highest BCUT2D eigenvalue weighted by atomic mass is 32.2. The molecule has 0 aromatic heterocycles. The molecule has 1 heterocycles. The summed E-state index contributed by atoms with van der Waals surface area (Å²) in [6.07, 6.45) is -0.292. The van der Waals surface area contributed by atoms with Crippen molar-refractivity contribution in [2.75, 3.05) is 11.3 Å². The Morgan fingerprint density at radius 3 is 2.40 bits per heavy atom. The fraction of sp³-hybridized carbons (Fsp3) is 0.280. The van der Waals surface area contributed by atoms with Crippen molar-refractivity contribution < 1.29 is 23.2 Å². The van der Waals surface area contributed by atoms with Crippen LogP contribution in [0.4, 0.5) is 11.4 Å². The van der Waals surface area contributed by atoms with E-state index in [0.29, 0.717) is 18.7 Å². The van der Waals surface area contributed by atoms with Crippen LogP contribution in [-0.2, 0) is 16.4 Å². The molecule has 0 radical (unpaired) electrons. The van der Waals surface area contributed by atoms with Crippen LogP contribution >= 0.6 is 0 Å². The predicted octanol–water partition coefficient (Wildman–Crippen LogP) is 3.80. The Labute approximate surface area is 204 Å². The molecule has 3 aromatic carbocycles. The molecule has 2 atom stereocenters. The molecule has 0 bridgehead atoms. The lowest BCUT2D eigenvalue weighted by molar-refractivity contribution is -0.384. The molecule has 0 saturated carbocycles. The molecule has 0 amide bonds. The van der Waals surface area contributed by atoms with Gasteiger partial charge in [0.15, 0.2) is 0 Å². The molecule has 184 valence electrons. The average Bonchev–Trinajstić information content (AvgIpc) is 2.82. The monoisotopic (exact) mass is 497 g/mol. The van der Waals surface area contributed by atoms with E-state index in [-0.39, 0.29) is 16.6 Å². The summed E-state index contributed by atoms with van der Waals surface area (Å²) >= 11 is 0. The van der Waals surface area contributed by atoms with Crippen LogP contribution in [0.2, 0.25) is 0 Å². The van der Waals surface area contributed by atoms with Gasteiger partial charge in [0.25, 0.3) is 15.7 Å². The molecule has 35 heavy (non-hydrogen) atoms. The number of rotatable bonds is 8. The number of nitro groups is 1. The second kappa shape index (κ2) is 9.65. The van der Waals surface area contributed by atoms with E-state index in [1.807, 2.05) is 50.2 Å². The van der Waals surface area contributed by atoms with E-state index in [0.717, 1.165) is 29.0 Å². The number of nitrogens with one attached hydrogen (secondary N) is 2. The number of ether oxygens (including phenoxy) is 1. The number of nitrogens with zero attached hydrogens (tertiary/aromatic N) is 1. The maximum atomic E-state index is 12.9. The molecule has 0 saturated heterocycles. The average molecular weight is 498 g/mol. The first kappa shape index (κ1) is 24.6. The van der Waals surface area contributed by atoms with Gasteiger partial charge in [0.1, 0.15) is 17.5 Å². The summed E-state index contributed by atoms with van der Waals surface area (Å²) in [5.41, 5.74) is 1.09. The second-order valence-electron chi connectivity index (χ2n) is 8.88. The lowest BCUT2D eigenvalue weighted by Crippen LogP contribution is -2.52. The van der Waals surface area contributed by atoms with Crippen LogP contribution < -0.4 is 14.8 Å². The highest BCUT2D eigenvalue weighted by molar-refractivity contribution is 7.92. The molecular formula is C25H27N3O6S. The SMILES string of the molecule is CC1(C)Oc2ccccc2C(NCCc2ccccc2NS(=O)(=O)c2ccc([N+](=O)[O-])cc2)C1O. The fourth-order valence-corrected chi connectivity index (χ4v) is 5.22. The standard InChI is InChI=1S/C25H27N3O6S/c1-25(2)24(29)23(20-8-4-6-10-22(20)34-25)26-16-15-17-7-3-5-9-21(17)27-35(32,33)19-13-11-18(12-14-19)28(30)31/h3-14,23-24,26-27,29H,15-16H2,1-2H3. The third-order valence-electron chi connectivity index (χ3n) is 6.03. The minimum absolute atomic E-state index is 0.0693. The molecule has 0 spiro atoms. The topological polar surface area (TPSA) is 131 Å². The predicted molar refractivity (Wildman–Crippen MR) is 132 cm³/mol. The first-order valence-electron chi connectivity index (χ1n) is 11.1. The quantitative estimate of drug-likeness (QED) is 0.319. The Hall–Kier alpha value is -3.47. The van der Waals surface area contributed by atoms with E-state index in [9.17, 15) is 23.6 Å². The number of para-hydroxylation sites is 2. The lowest BCUT2D eigenvalue weighted by atomic mass is 9.86. The number of hydrogen-bond donors (Lipinski definition) is 3. The van der Waals surface area contributed by atoms with Crippen LogP contribution in [0, 0.1) is 10.1 Å². The zero-order valence-corrected chi connectivity index (χ0v) is 20.2. The van der Waals surface area contributed by atoms with Crippen LogP contribution in [0.3, 0.4) is 0 Å². The Morgan fingerprint density at radius 1 is 1.03 bits per heavy atom. The summed E-state index contributed by atoms with van der Waals surface area (Å²) in [6.45, 7) is 4.15. The van der Waals surface area contributed by atoms with Gasteiger partial charge in [-0.05, 0) is 56.6 Å². The van der Waals surface area contributed by atoms with Gasteiger partial charge >= 0.3 is 0 Å². The van der Waals surface area contributed by atoms with E-state index in [1.54, 1.807) is 12.1 Å². The molecule has 0 fully saturated rings. The molecule has 1 aliphatic rings. The molecule has 10 heteroatoms. The van der Waals surface area contributed by atoms with Gasteiger partial charge in [-0.3, -0.25) is 14.8 Å². The molecule has 3 aromatic rings. The number of non-ortho nitro benzene ring substituents is 1. The van der Waals surface area contributed by atoms with Gasteiger partial charge in [-0.25, -0.2) is 8.42 Å². The van der Waals surface area contributed by atoms with Crippen LogP contribution in [0.5, 0.6) is 5.75 Å². The fourth-order valence-electron chi connectivity index (χ4n) is 4.12. The minimum Gasteiger partial charge on any atom is -0.485 e. The second-order valence-corrected chi connectivity index (χ2v) is 10.6. The maximum absolute atomic E-state index is 12.9. The zero-order valence-electron chi connectivity index (χ0n) is 19.3. The van der Waals surface area contributed by atoms with Gasteiger partial charge < -0.3 is 15.2 Å². The van der Waals surface area contributed by atoms with Gasteiger partial charge in [-0.15, -0.1) is 0 Å². The maximum Gasteiger partial charge on any atom is 0.269 e. The first-order valence-corrected chi connectivity index (χ1v) is 12.6. The molecule has 1 aliphatic heterocycles. The highest BCUT2D eigenvalue weighted by Gasteiger charge is 2.42. The molecule has 3 N–H and O–H groups in total. The summed E-state index contributed by atoms with van der Waals surface area (Å²) in [4.78, 5) is 10.2. The van der Waals surface area contributed by atoms with E-state index in [4.69, 9.17) is 4.74 Å². The molecule has 2 unspecified atom stereocenters. The van der Waals surface area contributed by atoms with E-state index >= 15 is 0 Å². The Morgan fingerprint density at radius 2 is 1.69 bits per heavy atom. The number of fused-ring (bicyclic) bond motifs is 1. The van der Waals surface area contributed by atoms with Crippen molar-refractivity contribution >= 4 is 21.4 Å². The van der Waals surface area contributed by atoms with Gasteiger partial charge in [0.05, 0.1) is 21.5 Å². The highest BCUT2D eigenvalue weighted by Crippen LogP contribution is 2.39. The van der Waals surface area contributed by atoms with Crippen molar-refractivity contribution in [3.63, 3.8) is 0 Å². The number of benzene rings is 3. The van der Waals surface area contributed by atoms with Gasteiger partial charge in [-0.1, -0.05) is 36.4 Å². The van der Waals surface area contributed by atoms with Crippen molar-refractivity contribution in [1.29, 1.82) is 0 Å². The summed E-state index contributed by atoms with van der Waals surface area (Å²) in [5, 5.41) is 25.2. The summed E-state index contributed by atoms with van der Waals surface area (Å²) in [5.74, 6) is 0.719. The van der Waals surface area contributed by atoms with Crippen molar-refractivity contribution in [2.45, 2.75) is 42.9 Å². The number of aliphatic hydroxyl groups excluding tert-OH is 1. The largest absolute Gasteiger partial charge is 0.485 e. The summed E-state index contributed by atoms with van der Waals surface area (Å²) in [6, 6.07) is 19.0. The van der Waals surface area contributed by atoms with E-state index < -0.39 is 26.7 Å². The Bertz CT molecular complexity index is 1330. The Kier molecular flexibility index (Phi) is 6.79. The summed E-state index contributed by atoms with van der Waals surface area (Å²) in [7, 11) is -3.94. The number of nitro benzene ring substituents is 1. The number of sulfonamides is 1. The minimum atomic E-state index is -3.94.